The van der Waals surface area contributed by atoms with Crippen LogP contribution >= 0.6 is 0 Å². The van der Waals surface area contributed by atoms with Crippen LogP contribution in [0.15, 0.2) is 48.5 Å². The van der Waals surface area contributed by atoms with Crippen molar-refractivity contribution in [2.75, 3.05) is 19.7 Å². The van der Waals surface area contributed by atoms with E-state index in [9.17, 15) is 5.11 Å². The zero-order valence-corrected chi connectivity index (χ0v) is 16.9. The first kappa shape index (κ1) is 20.1. The van der Waals surface area contributed by atoms with Crippen molar-refractivity contribution in [1.82, 2.24) is 4.90 Å². The van der Waals surface area contributed by atoms with Gasteiger partial charge in [-0.1, -0.05) is 55.0 Å². The molecule has 146 valence electrons. The average Bonchev–Trinajstić information content (AvgIpc) is 2.66. The van der Waals surface area contributed by atoms with Crippen molar-refractivity contribution in [1.29, 1.82) is 0 Å². The smallest absolute Gasteiger partial charge is 0.108 e. The lowest BCUT2D eigenvalue weighted by Crippen LogP contribution is -2.43. The highest BCUT2D eigenvalue weighted by Crippen LogP contribution is 2.30. The zero-order chi connectivity index (χ0) is 19.2. The molecule has 0 saturated carbocycles. The van der Waals surface area contributed by atoms with Crippen LogP contribution in [-0.4, -0.2) is 41.8 Å². The summed E-state index contributed by atoms with van der Waals surface area (Å²) in [6, 6.07) is 17.3. The maximum atomic E-state index is 10.6. The lowest BCUT2D eigenvalue weighted by Gasteiger charge is -2.35. The Hall–Kier alpha value is -1.68. The van der Waals surface area contributed by atoms with Gasteiger partial charge in [0.2, 0.25) is 0 Å². The molecule has 3 heteroatoms. The predicted molar refractivity (Wildman–Crippen MR) is 111 cm³/mol. The first-order chi connectivity index (χ1) is 13.1. The Balaban J connectivity index is 1.72. The van der Waals surface area contributed by atoms with Crippen molar-refractivity contribution in [3.63, 3.8) is 0 Å². The molecular weight excluding hydrogens is 334 g/mol. The van der Waals surface area contributed by atoms with E-state index in [4.69, 9.17) is 4.74 Å². The summed E-state index contributed by atoms with van der Waals surface area (Å²) in [7, 11) is 0. The second kappa shape index (κ2) is 9.50. The predicted octanol–water partition coefficient (Wildman–Crippen LogP) is 4.64. The third-order valence-electron chi connectivity index (χ3n) is 5.78. The fourth-order valence-electron chi connectivity index (χ4n) is 4.07. The van der Waals surface area contributed by atoms with Crippen molar-refractivity contribution in [2.45, 2.75) is 58.3 Å². The van der Waals surface area contributed by atoms with Crippen molar-refractivity contribution < 1.29 is 9.84 Å². The maximum absolute atomic E-state index is 10.6. The third-order valence-corrected chi connectivity index (χ3v) is 5.78. The van der Waals surface area contributed by atoms with Gasteiger partial charge in [0, 0.05) is 12.6 Å². The molecule has 1 heterocycles. The Labute approximate surface area is 164 Å². The third kappa shape index (κ3) is 5.19. The van der Waals surface area contributed by atoms with E-state index >= 15 is 0 Å². The van der Waals surface area contributed by atoms with Crippen LogP contribution in [-0.2, 0) is 4.74 Å². The number of rotatable bonds is 7. The molecule has 3 rings (SSSR count). The molecule has 1 saturated heterocycles. The highest BCUT2D eigenvalue weighted by Gasteiger charge is 2.23. The quantitative estimate of drug-likeness (QED) is 0.773. The van der Waals surface area contributed by atoms with E-state index in [0.29, 0.717) is 19.2 Å². The lowest BCUT2D eigenvalue weighted by atomic mass is 9.94. The van der Waals surface area contributed by atoms with E-state index < -0.39 is 6.10 Å². The number of likely N-dealkylation sites (tertiary alicyclic amines) is 1. The Morgan fingerprint density at radius 3 is 2.15 bits per heavy atom. The fourth-order valence-corrected chi connectivity index (χ4v) is 4.07. The second-order valence-corrected chi connectivity index (χ2v) is 7.92. The van der Waals surface area contributed by atoms with Crippen LogP contribution in [0.3, 0.4) is 0 Å². The minimum Gasteiger partial charge on any atom is -0.389 e. The standard InChI is InChI=1S/C24H33NO2/c1-18-10-4-6-13-22(18)24(23-14-7-5-11-19(23)2)27-17-21(26)16-25-15-9-8-12-20(25)3/h4-7,10-11,13-14,20-21,24,26H,8-9,12,15-17H2,1-3H3/t20-,21+/m1/s1. The molecule has 0 aromatic heterocycles. The molecule has 0 aliphatic carbocycles. The lowest BCUT2D eigenvalue weighted by molar-refractivity contribution is -0.0172. The number of ether oxygens (including phenoxy) is 1. The molecule has 3 nitrogen and oxygen atoms in total. The second-order valence-electron chi connectivity index (χ2n) is 7.92. The molecule has 2 aromatic rings. The van der Waals surface area contributed by atoms with Gasteiger partial charge in [-0.05, 0) is 62.4 Å². The van der Waals surface area contributed by atoms with Crippen LogP contribution in [0.4, 0.5) is 0 Å². The van der Waals surface area contributed by atoms with Gasteiger partial charge in [0.05, 0.1) is 12.7 Å². The van der Waals surface area contributed by atoms with Gasteiger partial charge >= 0.3 is 0 Å². The van der Waals surface area contributed by atoms with E-state index in [-0.39, 0.29) is 6.10 Å². The number of hydrogen-bond acceptors (Lipinski definition) is 3. The molecular formula is C24H33NO2. The highest BCUT2D eigenvalue weighted by atomic mass is 16.5. The molecule has 0 amide bonds. The number of aryl methyl sites for hydroxylation is 2. The van der Waals surface area contributed by atoms with Gasteiger partial charge in [0.15, 0.2) is 0 Å². The van der Waals surface area contributed by atoms with Gasteiger partial charge in [-0.15, -0.1) is 0 Å². The van der Waals surface area contributed by atoms with E-state index in [1.54, 1.807) is 0 Å². The van der Waals surface area contributed by atoms with E-state index in [0.717, 1.165) is 6.54 Å². The van der Waals surface area contributed by atoms with Crippen molar-refractivity contribution in [3.05, 3.63) is 70.8 Å². The van der Waals surface area contributed by atoms with Gasteiger partial charge in [-0.25, -0.2) is 0 Å². The van der Waals surface area contributed by atoms with Gasteiger partial charge in [-0.2, -0.15) is 0 Å². The molecule has 0 bridgehead atoms. The van der Waals surface area contributed by atoms with E-state index in [2.05, 4.69) is 74.2 Å². The van der Waals surface area contributed by atoms with Crippen molar-refractivity contribution in [2.24, 2.45) is 0 Å². The van der Waals surface area contributed by atoms with E-state index in [1.807, 2.05) is 0 Å². The molecule has 27 heavy (non-hydrogen) atoms. The Morgan fingerprint density at radius 2 is 1.59 bits per heavy atom. The minimum atomic E-state index is -0.471. The Bertz CT molecular complexity index is 684. The normalized spacial score (nSPS) is 19.4. The van der Waals surface area contributed by atoms with Gasteiger partial charge in [0.25, 0.3) is 0 Å². The van der Waals surface area contributed by atoms with Gasteiger partial charge < -0.3 is 9.84 Å². The molecule has 2 aromatic carbocycles. The summed E-state index contributed by atoms with van der Waals surface area (Å²) in [5.74, 6) is 0. The molecule has 0 spiro atoms. The first-order valence-corrected chi connectivity index (χ1v) is 10.2. The molecule has 1 N–H and O–H groups in total. The number of β-amino-alcohol motifs (C(OH)–C–C–N with tert-alkyl or cyclic N) is 1. The van der Waals surface area contributed by atoms with E-state index in [1.165, 1.54) is 41.5 Å². The molecule has 2 atom stereocenters. The van der Waals surface area contributed by atoms with Crippen LogP contribution in [0, 0.1) is 13.8 Å². The summed E-state index contributed by atoms with van der Waals surface area (Å²) in [5.41, 5.74) is 4.77. The summed E-state index contributed by atoms with van der Waals surface area (Å²) >= 11 is 0. The van der Waals surface area contributed by atoms with Gasteiger partial charge in [-0.3, -0.25) is 4.90 Å². The van der Waals surface area contributed by atoms with Crippen molar-refractivity contribution in [3.8, 4) is 0 Å². The van der Waals surface area contributed by atoms with Crippen LogP contribution in [0.2, 0.25) is 0 Å². The largest absolute Gasteiger partial charge is 0.389 e. The summed E-state index contributed by atoms with van der Waals surface area (Å²) in [5, 5.41) is 10.6. The summed E-state index contributed by atoms with van der Waals surface area (Å²) < 4.78 is 6.34. The monoisotopic (exact) mass is 367 g/mol. The summed E-state index contributed by atoms with van der Waals surface area (Å²) in [6.45, 7) is 8.62. The average molecular weight is 368 g/mol. The topological polar surface area (TPSA) is 32.7 Å². The summed E-state index contributed by atoms with van der Waals surface area (Å²) in [4.78, 5) is 2.40. The van der Waals surface area contributed by atoms with Crippen LogP contribution in [0.25, 0.3) is 0 Å². The molecule has 0 radical (unpaired) electrons. The Kier molecular flexibility index (Phi) is 7.06. The minimum absolute atomic E-state index is 0.152. The van der Waals surface area contributed by atoms with Crippen LogP contribution in [0.1, 0.15) is 54.5 Å². The number of benzene rings is 2. The number of aliphatic hydroxyl groups is 1. The zero-order valence-electron chi connectivity index (χ0n) is 16.9. The molecule has 1 fully saturated rings. The molecule has 1 aliphatic heterocycles. The summed E-state index contributed by atoms with van der Waals surface area (Å²) in [6.07, 6.45) is 3.13. The Morgan fingerprint density at radius 1 is 1.00 bits per heavy atom. The van der Waals surface area contributed by atoms with Gasteiger partial charge in [0.1, 0.15) is 6.10 Å². The number of aliphatic hydroxyl groups excluding tert-OH is 1. The number of piperidine rings is 1. The van der Waals surface area contributed by atoms with Crippen LogP contribution in [0.5, 0.6) is 0 Å². The first-order valence-electron chi connectivity index (χ1n) is 10.2. The molecule has 1 aliphatic rings. The number of hydrogen-bond donors (Lipinski definition) is 1. The van der Waals surface area contributed by atoms with Crippen LogP contribution < -0.4 is 0 Å². The molecule has 0 unspecified atom stereocenters. The number of nitrogens with zero attached hydrogens (tertiary/aromatic N) is 1. The fraction of sp³-hybridized carbons (Fsp3) is 0.500. The highest BCUT2D eigenvalue weighted by molar-refractivity contribution is 5.38. The van der Waals surface area contributed by atoms with Crippen molar-refractivity contribution >= 4 is 0 Å². The SMILES string of the molecule is Cc1ccccc1C(OC[C@@H](O)CN1CCCC[C@H]1C)c1ccccc1C. The maximum Gasteiger partial charge on any atom is 0.108 e.